The molecule has 2 amide bonds. The molecule has 0 fully saturated rings. The minimum atomic E-state index is -0.589. The summed E-state index contributed by atoms with van der Waals surface area (Å²) >= 11 is 12.2. The number of carbonyl (C=O) groups excluding carboxylic acids is 2. The second-order valence-electron chi connectivity index (χ2n) is 7.54. The van der Waals surface area contributed by atoms with E-state index in [1.165, 1.54) is 0 Å². The number of amides is 2. The molecule has 2 aromatic carbocycles. The Morgan fingerprint density at radius 3 is 2.19 bits per heavy atom. The number of methoxy groups -OCH3 is 1. The van der Waals surface area contributed by atoms with Gasteiger partial charge in [0, 0.05) is 12.6 Å². The summed E-state index contributed by atoms with van der Waals surface area (Å²) in [6.07, 6.45) is 1.49. The van der Waals surface area contributed by atoms with Crippen molar-refractivity contribution in [3.8, 4) is 5.75 Å². The Kier molecular flexibility index (Phi) is 9.66. The molecule has 5 nitrogen and oxygen atoms in total. The highest BCUT2D eigenvalue weighted by atomic mass is 35.5. The van der Waals surface area contributed by atoms with E-state index in [0.717, 1.165) is 23.3 Å². The Balaban J connectivity index is 2.30. The van der Waals surface area contributed by atoms with E-state index >= 15 is 0 Å². The van der Waals surface area contributed by atoms with Crippen LogP contribution in [0.5, 0.6) is 5.75 Å². The number of hydrogen-bond acceptors (Lipinski definition) is 3. The van der Waals surface area contributed by atoms with Crippen molar-refractivity contribution in [2.24, 2.45) is 0 Å². The van der Waals surface area contributed by atoms with Crippen LogP contribution in [0.25, 0.3) is 0 Å². The number of carbonyl (C=O) groups is 2. The second-order valence-corrected chi connectivity index (χ2v) is 8.35. The SMILES string of the molecule is CC[C@@H](C)NC(=O)[C@@H](CC)N(Cc1ccc(Cl)c(Cl)c1)C(=O)Cc1ccc(OC)cc1. The van der Waals surface area contributed by atoms with Crippen LogP contribution in [0.2, 0.25) is 10.0 Å². The Morgan fingerprint density at radius 1 is 1.00 bits per heavy atom. The van der Waals surface area contributed by atoms with Gasteiger partial charge in [-0.3, -0.25) is 9.59 Å². The fourth-order valence-electron chi connectivity index (χ4n) is 3.21. The summed E-state index contributed by atoms with van der Waals surface area (Å²) < 4.78 is 5.18. The summed E-state index contributed by atoms with van der Waals surface area (Å²) in [6, 6.07) is 12.0. The van der Waals surface area contributed by atoms with E-state index in [9.17, 15) is 9.59 Å². The van der Waals surface area contributed by atoms with Gasteiger partial charge < -0.3 is 15.0 Å². The fourth-order valence-corrected chi connectivity index (χ4v) is 3.54. The van der Waals surface area contributed by atoms with Crippen molar-refractivity contribution >= 4 is 35.0 Å². The van der Waals surface area contributed by atoms with Gasteiger partial charge in [-0.1, -0.05) is 55.2 Å². The summed E-state index contributed by atoms with van der Waals surface area (Å²) in [4.78, 5) is 27.9. The van der Waals surface area contributed by atoms with Crippen LogP contribution >= 0.6 is 23.2 Å². The Labute approximate surface area is 194 Å². The second kappa shape index (κ2) is 12.0. The third-order valence-electron chi connectivity index (χ3n) is 5.24. The van der Waals surface area contributed by atoms with Crippen LogP contribution in [-0.2, 0) is 22.6 Å². The summed E-state index contributed by atoms with van der Waals surface area (Å²) in [5.74, 6) is 0.436. The molecule has 0 spiro atoms. The van der Waals surface area contributed by atoms with E-state index in [0.29, 0.717) is 16.5 Å². The highest BCUT2D eigenvalue weighted by Crippen LogP contribution is 2.24. The van der Waals surface area contributed by atoms with Crippen LogP contribution in [0, 0.1) is 0 Å². The Hall–Kier alpha value is -2.24. The number of hydrogen-bond donors (Lipinski definition) is 1. The molecule has 0 saturated heterocycles. The summed E-state index contributed by atoms with van der Waals surface area (Å²) in [5.41, 5.74) is 1.66. The van der Waals surface area contributed by atoms with Gasteiger partial charge in [0.05, 0.1) is 23.6 Å². The van der Waals surface area contributed by atoms with Gasteiger partial charge >= 0.3 is 0 Å². The molecule has 2 aromatic rings. The van der Waals surface area contributed by atoms with Crippen molar-refractivity contribution in [3.05, 3.63) is 63.6 Å². The molecule has 7 heteroatoms. The monoisotopic (exact) mass is 464 g/mol. The highest BCUT2D eigenvalue weighted by Gasteiger charge is 2.29. The van der Waals surface area contributed by atoms with E-state index in [-0.39, 0.29) is 30.8 Å². The van der Waals surface area contributed by atoms with Gasteiger partial charge in [-0.05, 0) is 55.2 Å². The predicted octanol–water partition coefficient (Wildman–Crippen LogP) is 5.27. The molecule has 168 valence electrons. The quantitative estimate of drug-likeness (QED) is 0.520. The molecule has 0 heterocycles. The molecule has 2 atom stereocenters. The molecule has 0 saturated carbocycles. The number of nitrogens with one attached hydrogen (secondary N) is 1. The van der Waals surface area contributed by atoms with Crippen LogP contribution in [0.15, 0.2) is 42.5 Å². The normalized spacial score (nSPS) is 12.7. The molecule has 0 aliphatic heterocycles. The van der Waals surface area contributed by atoms with Crippen molar-refractivity contribution < 1.29 is 14.3 Å². The number of rotatable bonds is 10. The first-order valence-corrected chi connectivity index (χ1v) is 11.2. The first-order valence-electron chi connectivity index (χ1n) is 10.5. The first kappa shape index (κ1) is 25.0. The first-order chi connectivity index (χ1) is 14.8. The number of halogens is 2. The highest BCUT2D eigenvalue weighted by molar-refractivity contribution is 6.42. The van der Waals surface area contributed by atoms with Gasteiger partial charge in [0.25, 0.3) is 0 Å². The van der Waals surface area contributed by atoms with Crippen molar-refractivity contribution in [1.82, 2.24) is 10.2 Å². The molecule has 0 aromatic heterocycles. The summed E-state index contributed by atoms with van der Waals surface area (Å²) in [5, 5.41) is 3.87. The fraction of sp³-hybridized carbons (Fsp3) is 0.417. The van der Waals surface area contributed by atoms with Crippen LogP contribution in [0.3, 0.4) is 0 Å². The minimum Gasteiger partial charge on any atom is -0.497 e. The molecule has 0 unspecified atom stereocenters. The smallest absolute Gasteiger partial charge is 0.243 e. The molecule has 2 rings (SSSR count). The molecule has 0 bridgehead atoms. The van der Waals surface area contributed by atoms with E-state index in [1.807, 2.05) is 51.1 Å². The molecule has 0 aliphatic rings. The molecular formula is C24H30Cl2N2O3. The number of benzene rings is 2. The van der Waals surface area contributed by atoms with Gasteiger partial charge in [-0.25, -0.2) is 0 Å². The van der Waals surface area contributed by atoms with Crippen molar-refractivity contribution in [1.29, 1.82) is 0 Å². The summed E-state index contributed by atoms with van der Waals surface area (Å²) in [7, 11) is 1.60. The number of nitrogens with zero attached hydrogens (tertiary/aromatic N) is 1. The third kappa shape index (κ3) is 7.15. The van der Waals surface area contributed by atoms with Crippen LogP contribution < -0.4 is 10.1 Å². The molecule has 0 aliphatic carbocycles. The maximum atomic E-state index is 13.3. The van der Waals surface area contributed by atoms with Crippen molar-refractivity contribution in [3.63, 3.8) is 0 Å². The van der Waals surface area contributed by atoms with E-state index < -0.39 is 6.04 Å². The lowest BCUT2D eigenvalue weighted by atomic mass is 10.1. The van der Waals surface area contributed by atoms with Crippen LogP contribution in [-0.4, -0.2) is 35.9 Å². The zero-order valence-corrected chi connectivity index (χ0v) is 20.0. The van der Waals surface area contributed by atoms with Crippen LogP contribution in [0.1, 0.15) is 44.7 Å². The van der Waals surface area contributed by atoms with E-state index in [4.69, 9.17) is 27.9 Å². The number of ether oxygens (including phenoxy) is 1. The van der Waals surface area contributed by atoms with Gasteiger partial charge in [-0.15, -0.1) is 0 Å². The third-order valence-corrected chi connectivity index (χ3v) is 5.98. The van der Waals surface area contributed by atoms with Gasteiger partial charge in [0.15, 0.2) is 0 Å². The Morgan fingerprint density at radius 2 is 1.65 bits per heavy atom. The van der Waals surface area contributed by atoms with Gasteiger partial charge in [0.1, 0.15) is 11.8 Å². The lowest BCUT2D eigenvalue weighted by molar-refractivity contribution is -0.141. The maximum absolute atomic E-state index is 13.3. The van der Waals surface area contributed by atoms with E-state index in [2.05, 4.69) is 5.32 Å². The maximum Gasteiger partial charge on any atom is 0.243 e. The standard InChI is InChI=1S/C24H30Cl2N2O3/c1-5-16(3)27-24(30)22(6-2)28(15-18-9-12-20(25)21(26)13-18)23(29)14-17-7-10-19(31-4)11-8-17/h7-13,16,22H,5-6,14-15H2,1-4H3,(H,27,30)/t16-,22-/m1/s1. The molecule has 31 heavy (non-hydrogen) atoms. The summed E-state index contributed by atoms with van der Waals surface area (Å²) in [6.45, 7) is 6.13. The minimum absolute atomic E-state index is 0.0325. The predicted molar refractivity (Wildman–Crippen MR) is 126 cm³/mol. The average molecular weight is 465 g/mol. The lowest BCUT2D eigenvalue weighted by Crippen LogP contribution is -2.51. The van der Waals surface area contributed by atoms with Gasteiger partial charge in [0.2, 0.25) is 11.8 Å². The van der Waals surface area contributed by atoms with Crippen LogP contribution in [0.4, 0.5) is 0 Å². The zero-order valence-electron chi connectivity index (χ0n) is 18.5. The van der Waals surface area contributed by atoms with Gasteiger partial charge in [-0.2, -0.15) is 0 Å². The largest absolute Gasteiger partial charge is 0.497 e. The topological polar surface area (TPSA) is 58.6 Å². The zero-order chi connectivity index (χ0) is 23.0. The average Bonchev–Trinajstić information content (AvgIpc) is 2.76. The Bertz CT molecular complexity index is 887. The van der Waals surface area contributed by atoms with Crippen molar-refractivity contribution in [2.45, 2.75) is 58.7 Å². The molecule has 1 N–H and O–H groups in total. The lowest BCUT2D eigenvalue weighted by Gasteiger charge is -2.31. The molecule has 0 radical (unpaired) electrons. The van der Waals surface area contributed by atoms with Crippen molar-refractivity contribution in [2.75, 3.05) is 7.11 Å². The molecular weight excluding hydrogens is 435 g/mol. The van der Waals surface area contributed by atoms with E-state index in [1.54, 1.807) is 24.1 Å².